The van der Waals surface area contributed by atoms with Crippen LogP contribution in [0.3, 0.4) is 0 Å². The third-order valence-corrected chi connectivity index (χ3v) is 2.15. The third kappa shape index (κ3) is 3.67. The van der Waals surface area contributed by atoms with Crippen LogP contribution in [0.1, 0.15) is 18.9 Å². The minimum absolute atomic E-state index is 0.0907. The summed E-state index contributed by atoms with van der Waals surface area (Å²) in [6.07, 6.45) is 0.969. The van der Waals surface area contributed by atoms with Crippen LogP contribution in [0.15, 0.2) is 24.3 Å². The molecule has 0 saturated heterocycles. The monoisotopic (exact) mass is 222 g/mol. The molecule has 0 unspecified atom stereocenters. The van der Waals surface area contributed by atoms with Gasteiger partial charge in [-0.05, 0) is 18.1 Å². The molecule has 0 aliphatic rings. The lowest BCUT2D eigenvalue weighted by molar-refractivity contribution is -0.115. The Bertz CT molecular complexity index is 377. The van der Waals surface area contributed by atoms with E-state index >= 15 is 0 Å². The molecule has 0 fully saturated rings. The minimum atomic E-state index is -0.164. The summed E-state index contributed by atoms with van der Waals surface area (Å²) < 4.78 is 0. The first-order chi connectivity index (χ1) is 7.13. The number of amides is 1. The highest BCUT2D eigenvalue weighted by atomic mass is 32.1. The molecular formula is C11H14N2OS. The highest BCUT2D eigenvalue weighted by molar-refractivity contribution is 7.80. The van der Waals surface area contributed by atoms with Crippen LogP contribution in [0.5, 0.6) is 0 Å². The standard InChI is InChI=1S/C11H14N2OS/c1-2-8-5-3-4-6-9(8)13-11(14)7-10(12)15/h3-6H,2,7H2,1H3,(H2,12,15)(H,13,14). The topological polar surface area (TPSA) is 55.1 Å². The molecule has 0 aliphatic heterocycles. The van der Waals surface area contributed by atoms with Gasteiger partial charge in [-0.1, -0.05) is 37.3 Å². The Labute approximate surface area is 94.7 Å². The van der Waals surface area contributed by atoms with Gasteiger partial charge in [0.1, 0.15) is 0 Å². The summed E-state index contributed by atoms with van der Waals surface area (Å²) in [7, 11) is 0. The van der Waals surface area contributed by atoms with Crippen LogP contribution in [0, 0.1) is 0 Å². The van der Waals surface area contributed by atoms with Gasteiger partial charge in [-0.2, -0.15) is 0 Å². The van der Waals surface area contributed by atoms with E-state index in [-0.39, 0.29) is 17.3 Å². The van der Waals surface area contributed by atoms with Crippen molar-refractivity contribution in [1.29, 1.82) is 0 Å². The Morgan fingerprint density at radius 2 is 2.13 bits per heavy atom. The molecule has 15 heavy (non-hydrogen) atoms. The van der Waals surface area contributed by atoms with E-state index in [2.05, 4.69) is 17.5 Å². The molecule has 0 bridgehead atoms. The van der Waals surface area contributed by atoms with Gasteiger partial charge >= 0.3 is 0 Å². The van der Waals surface area contributed by atoms with E-state index in [1.165, 1.54) is 0 Å². The molecule has 0 atom stereocenters. The van der Waals surface area contributed by atoms with Gasteiger partial charge < -0.3 is 11.1 Å². The van der Waals surface area contributed by atoms with Crippen LogP contribution in [-0.4, -0.2) is 10.9 Å². The van der Waals surface area contributed by atoms with Crippen molar-refractivity contribution in [1.82, 2.24) is 0 Å². The van der Waals surface area contributed by atoms with Crippen LogP contribution in [0.25, 0.3) is 0 Å². The highest BCUT2D eigenvalue weighted by Crippen LogP contribution is 2.15. The molecule has 80 valence electrons. The third-order valence-electron chi connectivity index (χ3n) is 2.01. The fraction of sp³-hybridized carbons (Fsp3) is 0.273. The quantitative estimate of drug-likeness (QED) is 0.765. The van der Waals surface area contributed by atoms with E-state index in [0.717, 1.165) is 17.7 Å². The molecule has 3 nitrogen and oxygen atoms in total. The summed E-state index contributed by atoms with van der Waals surface area (Å²) in [5.41, 5.74) is 7.23. The van der Waals surface area contributed by atoms with Crippen LogP contribution in [0.2, 0.25) is 0 Å². The summed E-state index contributed by atoms with van der Waals surface area (Å²) in [4.78, 5) is 11.6. The average molecular weight is 222 g/mol. The van der Waals surface area contributed by atoms with E-state index < -0.39 is 0 Å². The van der Waals surface area contributed by atoms with Gasteiger partial charge in [-0.15, -0.1) is 0 Å². The van der Waals surface area contributed by atoms with Gasteiger partial charge in [0.15, 0.2) is 0 Å². The molecule has 1 rings (SSSR count). The molecule has 0 heterocycles. The van der Waals surface area contributed by atoms with Crippen LogP contribution in [0.4, 0.5) is 5.69 Å². The number of aryl methyl sites for hydroxylation is 1. The number of hydrogen-bond donors (Lipinski definition) is 2. The molecule has 0 radical (unpaired) electrons. The summed E-state index contributed by atoms with van der Waals surface area (Å²) >= 11 is 4.67. The van der Waals surface area contributed by atoms with Crippen molar-refractivity contribution in [3.05, 3.63) is 29.8 Å². The summed E-state index contributed by atoms with van der Waals surface area (Å²) in [6, 6.07) is 7.68. The number of benzene rings is 1. The van der Waals surface area contributed by atoms with Gasteiger partial charge in [0.05, 0.1) is 11.4 Å². The van der Waals surface area contributed by atoms with E-state index in [9.17, 15) is 4.79 Å². The normalized spacial score (nSPS) is 9.67. The van der Waals surface area contributed by atoms with Crippen LogP contribution in [-0.2, 0) is 11.2 Å². The molecule has 1 aromatic rings. The Hall–Kier alpha value is -1.42. The molecule has 1 aromatic carbocycles. The van der Waals surface area contributed by atoms with E-state index in [1.807, 2.05) is 31.2 Å². The average Bonchev–Trinajstić information content (AvgIpc) is 2.17. The lowest BCUT2D eigenvalue weighted by Gasteiger charge is -2.08. The molecule has 0 saturated carbocycles. The number of anilines is 1. The van der Waals surface area contributed by atoms with Crippen molar-refractivity contribution >= 4 is 28.8 Å². The molecule has 0 spiro atoms. The molecular weight excluding hydrogens is 208 g/mol. The molecule has 1 amide bonds. The van der Waals surface area contributed by atoms with Gasteiger partial charge in [0.2, 0.25) is 5.91 Å². The highest BCUT2D eigenvalue weighted by Gasteiger charge is 2.05. The van der Waals surface area contributed by atoms with Crippen molar-refractivity contribution in [2.75, 3.05) is 5.32 Å². The lowest BCUT2D eigenvalue weighted by Crippen LogP contribution is -2.20. The fourth-order valence-corrected chi connectivity index (χ4v) is 1.43. The molecule has 0 aliphatic carbocycles. The maximum Gasteiger partial charge on any atom is 0.231 e. The zero-order valence-electron chi connectivity index (χ0n) is 8.62. The second kappa shape index (κ2) is 5.46. The van der Waals surface area contributed by atoms with Gasteiger partial charge in [-0.25, -0.2) is 0 Å². The summed E-state index contributed by atoms with van der Waals surface area (Å²) in [6.45, 7) is 2.04. The number of hydrogen-bond acceptors (Lipinski definition) is 2. The first kappa shape index (κ1) is 11.7. The van der Waals surface area contributed by atoms with Gasteiger partial charge in [0, 0.05) is 5.69 Å². The minimum Gasteiger partial charge on any atom is -0.393 e. The Balaban J connectivity index is 2.71. The number of thiocarbonyl (C=S) groups is 1. The Kier molecular flexibility index (Phi) is 4.24. The predicted octanol–water partition coefficient (Wildman–Crippen LogP) is 1.86. The first-order valence-electron chi connectivity index (χ1n) is 4.79. The van der Waals surface area contributed by atoms with Crippen molar-refractivity contribution in [3.8, 4) is 0 Å². The molecule has 4 heteroatoms. The maximum atomic E-state index is 11.4. The van der Waals surface area contributed by atoms with Crippen molar-refractivity contribution < 1.29 is 4.79 Å². The molecule has 3 N–H and O–H groups in total. The van der Waals surface area contributed by atoms with Crippen molar-refractivity contribution in [2.24, 2.45) is 5.73 Å². The number of carbonyl (C=O) groups is 1. The van der Waals surface area contributed by atoms with Crippen molar-refractivity contribution in [2.45, 2.75) is 19.8 Å². The number of nitrogens with one attached hydrogen (secondary N) is 1. The maximum absolute atomic E-state index is 11.4. The summed E-state index contributed by atoms with van der Waals surface area (Å²) in [5.74, 6) is -0.164. The van der Waals surface area contributed by atoms with Crippen LogP contribution < -0.4 is 11.1 Å². The van der Waals surface area contributed by atoms with E-state index in [4.69, 9.17) is 5.73 Å². The Morgan fingerprint density at radius 3 is 2.73 bits per heavy atom. The molecule has 0 aromatic heterocycles. The van der Waals surface area contributed by atoms with Crippen LogP contribution >= 0.6 is 12.2 Å². The van der Waals surface area contributed by atoms with Gasteiger partial charge in [0.25, 0.3) is 0 Å². The largest absolute Gasteiger partial charge is 0.393 e. The van der Waals surface area contributed by atoms with E-state index in [1.54, 1.807) is 0 Å². The summed E-state index contributed by atoms with van der Waals surface area (Å²) in [5, 5.41) is 2.79. The van der Waals surface area contributed by atoms with Gasteiger partial charge in [-0.3, -0.25) is 4.79 Å². The fourth-order valence-electron chi connectivity index (χ4n) is 1.30. The second-order valence-corrected chi connectivity index (χ2v) is 3.73. The number of carbonyl (C=O) groups excluding carboxylic acids is 1. The number of para-hydroxylation sites is 1. The SMILES string of the molecule is CCc1ccccc1NC(=O)CC(N)=S. The zero-order valence-corrected chi connectivity index (χ0v) is 9.43. The Morgan fingerprint density at radius 1 is 1.47 bits per heavy atom. The number of rotatable bonds is 4. The number of nitrogens with two attached hydrogens (primary N) is 1. The zero-order chi connectivity index (χ0) is 11.3. The lowest BCUT2D eigenvalue weighted by atomic mass is 10.1. The van der Waals surface area contributed by atoms with Crippen molar-refractivity contribution in [3.63, 3.8) is 0 Å². The second-order valence-electron chi connectivity index (χ2n) is 3.20. The smallest absolute Gasteiger partial charge is 0.231 e. The predicted molar refractivity (Wildman–Crippen MR) is 65.9 cm³/mol. The first-order valence-corrected chi connectivity index (χ1v) is 5.20. The van der Waals surface area contributed by atoms with E-state index in [0.29, 0.717) is 0 Å².